The van der Waals surface area contributed by atoms with Gasteiger partial charge in [-0.05, 0) is 126 Å². The number of benzene rings is 9. The third kappa shape index (κ3) is 7.45. The van der Waals surface area contributed by atoms with Crippen LogP contribution in [0.1, 0.15) is 59.5 Å². The molecule has 0 unspecified atom stereocenters. The maximum Gasteiger partial charge on any atom is 0.269 e. The molecule has 0 aliphatic carbocycles. The lowest BCUT2D eigenvalue weighted by Crippen LogP contribution is -2.32. The average molecular weight is 948 g/mol. The molecule has 12 aromatic rings. The summed E-state index contributed by atoms with van der Waals surface area (Å²) < 4.78 is 57.9. The molecular formula is C68H54N4O. The minimum atomic E-state index is -0.429. The molecule has 0 bridgehead atoms. The van der Waals surface area contributed by atoms with Gasteiger partial charge < -0.3 is 4.74 Å². The van der Waals surface area contributed by atoms with E-state index in [4.69, 9.17) is 13.8 Å². The van der Waals surface area contributed by atoms with Crippen LogP contribution < -0.4 is 9.30 Å². The molecular weight excluding hydrogens is 889 g/mol. The Labute approximate surface area is 433 Å². The molecule has 0 amide bonds. The van der Waals surface area contributed by atoms with Gasteiger partial charge in [0.25, 0.3) is 6.33 Å². The highest BCUT2D eigenvalue weighted by molar-refractivity contribution is 6.10. The lowest BCUT2D eigenvalue weighted by atomic mass is 9.83. The minimum absolute atomic E-state index is 0.0567. The Morgan fingerprint density at radius 2 is 1.14 bits per heavy atom. The van der Waals surface area contributed by atoms with Crippen molar-refractivity contribution in [3.63, 3.8) is 0 Å². The molecule has 0 spiro atoms. The van der Waals surface area contributed by atoms with Crippen molar-refractivity contribution in [1.29, 1.82) is 0 Å². The minimum Gasteiger partial charge on any atom is -0.458 e. The second kappa shape index (κ2) is 16.9. The van der Waals surface area contributed by atoms with Crippen LogP contribution in [0, 0.1) is 6.33 Å². The molecule has 5 nitrogen and oxygen atoms in total. The first-order valence-corrected chi connectivity index (χ1v) is 24.9. The van der Waals surface area contributed by atoms with Crippen molar-refractivity contribution in [2.45, 2.75) is 52.4 Å². The van der Waals surface area contributed by atoms with Crippen LogP contribution in [0.3, 0.4) is 0 Å². The van der Waals surface area contributed by atoms with E-state index in [0.717, 1.165) is 94.5 Å². The van der Waals surface area contributed by atoms with Gasteiger partial charge in [0.2, 0.25) is 0 Å². The van der Waals surface area contributed by atoms with Gasteiger partial charge in [-0.1, -0.05) is 199 Å². The van der Waals surface area contributed by atoms with E-state index in [2.05, 4.69) is 201 Å². The fourth-order valence-corrected chi connectivity index (χ4v) is 10.8. The van der Waals surface area contributed by atoms with Gasteiger partial charge in [0.15, 0.2) is 0 Å². The Kier molecular flexibility index (Phi) is 9.02. The highest BCUT2D eigenvalue weighted by Gasteiger charge is 2.28. The average Bonchev–Trinajstić information content (AvgIpc) is 4.06. The van der Waals surface area contributed by atoms with Gasteiger partial charge in [-0.15, -0.1) is 0 Å². The molecule has 1 aliphatic rings. The summed E-state index contributed by atoms with van der Waals surface area (Å²) in [5, 5.41) is 2.24. The number of ether oxygens (including phenoxy) is 1. The van der Waals surface area contributed by atoms with Crippen LogP contribution in [0.4, 0.5) is 0 Å². The molecule has 0 N–H and O–H groups in total. The Morgan fingerprint density at radius 1 is 0.493 bits per heavy atom. The largest absolute Gasteiger partial charge is 0.458 e. The van der Waals surface area contributed by atoms with Crippen LogP contribution in [0.5, 0.6) is 11.5 Å². The van der Waals surface area contributed by atoms with Crippen molar-refractivity contribution < 1.29 is 16.2 Å². The summed E-state index contributed by atoms with van der Waals surface area (Å²) in [6.07, 6.45) is 5.80. The van der Waals surface area contributed by atoms with Crippen LogP contribution in [0.25, 0.3) is 106 Å². The predicted octanol–water partition coefficient (Wildman–Crippen LogP) is 17.2. The molecule has 3 aromatic heterocycles. The Morgan fingerprint density at radius 3 is 1.95 bits per heavy atom. The summed E-state index contributed by atoms with van der Waals surface area (Å²) in [5.74, 6) is 2.19. The second-order valence-corrected chi connectivity index (χ2v) is 21.0. The van der Waals surface area contributed by atoms with Gasteiger partial charge >= 0.3 is 0 Å². The molecule has 13 rings (SSSR count). The molecule has 1 aliphatic heterocycles. The summed E-state index contributed by atoms with van der Waals surface area (Å²) in [6.45, 7) is 13.3. The molecule has 9 aromatic carbocycles. The van der Waals surface area contributed by atoms with Gasteiger partial charge in [-0.3, -0.25) is 13.7 Å². The number of hydrogen-bond acceptors (Lipinski definition) is 2. The number of hydrogen-bond donors (Lipinski definition) is 0. The third-order valence-electron chi connectivity index (χ3n) is 14.4. The summed E-state index contributed by atoms with van der Waals surface area (Å²) in [6, 6.07) is 61.0. The van der Waals surface area contributed by atoms with Crippen molar-refractivity contribution >= 4 is 32.8 Å². The molecule has 0 radical (unpaired) electrons. The number of aromatic nitrogens is 4. The first-order chi connectivity index (χ1) is 37.5. The van der Waals surface area contributed by atoms with E-state index in [1.54, 1.807) is 0 Å². The zero-order valence-corrected chi connectivity index (χ0v) is 41.6. The van der Waals surface area contributed by atoms with Crippen LogP contribution in [0.15, 0.2) is 218 Å². The van der Waals surface area contributed by atoms with E-state index in [1.165, 1.54) is 11.1 Å². The number of fused-ring (bicyclic) bond motifs is 10. The van der Waals surface area contributed by atoms with Crippen LogP contribution in [-0.4, -0.2) is 14.1 Å². The molecule has 0 fully saturated rings. The van der Waals surface area contributed by atoms with Crippen molar-refractivity contribution in [2.75, 3.05) is 0 Å². The van der Waals surface area contributed by atoms with E-state index in [0.29, 0.717) is 17.1 Å². The van der Waals surface area contributed by atoms with Crippen LogP contribution >= 0.6 is 0 Å². The highest BCUT2D eigenvalue weighted by Crippen LogP contribution is 2.49. The first-order valence-electron chi connectivity index (χ1n) is 27.4. The van der Waals surface area contributed by atoms with E-state index in [9.17, 15) is 2.74 Å². The van der Waals surface area contributed by atoms with Gasteiger partial charge in [0, 0.05) is 23.0 Å². The standard InChI is InChI=1S/C68H54N4O/c1-67(2,3)46-34-32-45(33-35-46)52-26-16-28-59-57-27-15-25-51(44-18-8-7-9-19-44)64(57)56-24-11-10-22-53(56)58-29-17-31-61-66(58)71(65(52)59)43-70(61)48-20-14-21-49(41-48)73-50-36-37-55-54-23-12-13-30-60(54)72(62(55)42-50)63-40-47(38-39-69-63)68(4,5)6/h7-42H,1-6H3/i7D,8D,9D,18D,19D. The number of nitrogens with zero attached hydrogens (tertiary/aromatic N) is 4. The Bertz CT molecular complexity index is 4410. The van der Waals surface area contributed by atoms with Crippen molar-refractivity contribution in [1.82, 2.24) is 14.1 Å². The van der Waals surface area contributed by atoms with E-state index < -0.39 is 6.04 Å². The number of para-hydroxylation sites is 3. The number of imidazole rings is 1. The Balaban J connectivity index is 1.02. The fourth-order valence-electron chi connectivity index (χ4n) is 10.8. The summed E-state index contributed by atoms with van der Waals surface area (Å²) in [5.41, 5.74) is 15.8. The molecule has 4 heterocycles. The van der Waals surface area contributed by atoms with Gasteiger partial charge in [-0.25, -0.2) is 4.98 Å². The van der Waals surface area contributed by atoms with Crippen molar-refractivity contribution in [2.24, 2.45) is 0 Å². The first kappa shape index (κ1) is 38.9. The predicted molar refractivity (Wildman–Crippen MR) is 300 cm³/mol. The van der Waals surface area contributed by atoms with Gasteiger partial charge in [0.05, 0.1) is 40.3 Å². The summed E-state index contributed by atoms with van der Waals surface area (Å²) >= 11 is 0. The molecule has 0 atom stereocenters. The fraction of sp³-hybridized carbons (Fsp3) is 0.118. The molecule has 5 heteroatoms. The monoisotopic (exact) mass is 947 g/mol. The molecule has 0 saturated carbocycles. The third-order valence-corrected chi connectivity index (χ3v) is 14.4. The maximum absolute atomic E-state index is 9.25. The number of rotatable bonds is 6. The molecule has 73 heavy (non-hydrogen) atoms. The van der Waals surface area contributed by atoms with Crippen molar-refractivity contribution in [3.05, 3.63) is 236 Å². The molecule has 352 valence electrons. The lowest BCUT2D eigenvalue weighted by molar-refractivity contribution is -0.570. The summed E-state index contributed by atoms with van der Waals surface area (Å²) in [4.78, 5) is 4.90. The lowest BCUT2D eigenvalue weighted by Gasteiger charge is -2.22. The van der Waals surface area contributed by atoms with Gasteiger partial charge in [0.1, 0.15) is 17.3 Å². The topological polar surface area (TPSA) is 35.9 Å². The quantitative estimate of drug-likeness (QED) is 0.123. The van der Waals surface area contributed by atoms with Crippen LogP contribution in [-0.2, 0) is 10.8 Å². The zero-order valence-electron chi connectivity index (χ0n) is 46.6. The summed E-state index contributed by atoms with van der Waals surface area (Å²) in [7, 11) is 0. The second-order valence-electron chi connectivity index (χ2n) is 21.0. The SMILES string of the molecule is [2H]c1c([2H])c([2H])c(-c2cccc3c2-c2ccccc2-c2cccc4c2[n+]([c-]n4-c2cccc(Oc4ccc5c6ccccc6n(-c6cc(C(C)(C)C)ccn6)c5c4)c2)-c2c(-c4ccc(C(C)(C)C)cc4)cccc2-3)c([2H])c1[2H]. The van der Waals surface area contributed by atoms with Crippen molar-refractivity contribution in [3.8, 4) is 84.3 Å². The Hall–Kier alpha value is -8.80. The molecule has 0 saturated heterocycles. The number of pyridine rings is 1. The highest BCUT2D eigenvalue weighted by atomic mass is 16.5. The zero-order chi connectivity index (χ0) is 53.9. The smallest absolute Gasteiger partial charge is 0.269 e. The maximum atomic E-state index is 9.25. The van der Waals surface area contributed by atoms with Crippen LogP contribution in [0.2, 0.25) is 0 Å². The van der Waals surface area contributed by atoms with E-state index in [1.807, 2.05) is 48.7 Å². The normalized spacial score (nSPS) is 13.2. The van der Waals surface area contributed by atoms with E-state index >= 15 is 0 Å². The van der Waals surface area contributed by atoms with Gasteiger partial charge in [-0.2, -0.15) is 0 Å². The van der Waals surface area contributed by atoms with E-state index in [-0.39, 0.29) is 40.6 Å².